The predicted octanol–water partition coefficient (Wildman–Crippen LogP) is 4.78. The number of rotatable bonds is 13. The van der Waals surface area contributed by atoms with Crippen LogP contribution in [0.4, 0.5) is 5.69 Å². The molecule has 1 atom stereocenters. The van der Waals surface area contributed by atoms with Gasteiger partial charge in [0, 0.05) is 13.1 Å². The summed E-state index contributed by atoms with van der Waals surface area (Å²) >= 11 is 0. The van der Waals surface area contributed by atoms with Crippen LogP contribution < -0.4 is 14.4 Å². The fourth-order valence-corrected chi connectivity index (χ4v) is 5.75. The summed E-state index contributed by atoms with van der Waals surface area (Å²) < 4.78 is 34.4. The molecule has 0 fully saturated rings. The number of methoxy groups -OCH3 is 1. The van der Waals surface area contributed by atoms with Crippen molar-refractivity contribution >= 4 is 27.5 Å². The Bertz CT molecular complexity index is 1380. The van der Waals surface area contributed by atoms with Gasteiger partial charge in [-0.2, -0.15) is 0 Å². The third-order valence-corrected chi connectivity index (χ3v) is 8.28. The molecule has 0 heterocycles. The Balaban J connectivity index is 2.06. The van der Waals surface area contributed by atoms with E-state index in [4.69, 9.17) is 4.74 Å². The Labute approximate surface area is 238 Å². The van der Waals surface area contributed by atoms with Gasteiger partial charge in [-0.1, -0.05) is 80.9 Å². The van der Waals surface area contributed by atoms with Crippen molar-refractivity contribution in [2.24, 2.45) is 5.92 Å². The Kier molecular flexibility index (Phi) is 10.7. The molecule has 3 aromatic rings. The minimum atomic E-state index is -4.16. The average Bonchev–Trinajstić information content (AvgIpc) is 2.95. The van der Waals surface area contributed by atoms with Gasteiger partial charge in [-0.05, 0) is 49.1 Å². The van der Waals surface area contributed by atoms with Crippen LogP contribution >= 0.6 is 0 Å². The Morgan fingerprint density at radius 1 is 0.925 bits per heavy atom. The zero-order chi connectivity index (χ0) is 29.3. The summed E-state index contributed by atoms with van der Waals surface area (Å²) in [6.45, 7) is 7.91. The van der Waals surface area contributed by atoms with E-state index in [0.29, 0.717) is 18.7 Å². The van der Waals surface area contributed by atoms with E-state index in [9.17, 15) is 18.0 Å². The van der Waals surface area contributed by atoms with E-state index < -0.39 is 28.5 Å². The topological polar surface area (TPSA) is 96.0 Å². The van der Waals surface area contributed by atoms with E-state index in [1.54, 1.807) is 42.5 Å². The maximum Gasteiger partial charge on any atom is 0.264 e. The third-order valence-electron chi connectivity index (χ3n) is 6.51. The lowest BCUT2D eigenvalue weighted by Crippen LogP contribution is -2.52. The smallest absolute Gasteiger partial charge is 0.264 e. The summed E-state index contributed by atoms with van der Waals surface area (Å²) in [6.07, 6.45) is 0.363. The second kappa shape index (κ2) is 14.0. The molecule has 0 saturated heterocycles. The van der Waals surface area contributed by atoms with E-state index in [1.807, 2.05) is 52.0 Å². The zero-order valence-electron chi connectivity index (χ0n) is 23.8. The van der Waals surface area contributed by atoms with Crippen molar-refractivity contribution < 1.29 is 22.7 Å². The molecule has 3 aromatic carbocycles. The summed E-state index contributed by atoms with van der Waals surface area (Å²) in [5.74, 6) is -0.231. The first-order valence-electron chi connectivity index (χ1n) is 13.4. The summed E-state index contributed by atoms with van der Waals surface area (Å²) in [7, 11) is -2.71. The van der Waals surface area contributed by atoms with Gasteiger partial charge in [0.05, 0.1) is 17.7 Å². The van der Waals surface area contributed by atoms with Crippen molar-refractivity contribution in [3.05, 3.63) is 90.0 Å². The molecule has 3 rings (SSSR count). The molecule has 1 unspecified atom stereocenters. The number of para-hydroxylation sites is 2. The SMILES string of the molecule is CCC(C(=O)NCC(C)C)N(Cc1ccc(C)cc1)C(=O)CN(c1ccccc1OC)S(=O)(=O)c1ccccc1. The van der Waals surface area contributed by atoms with Gasteiger partial charge >= 0.3 is 0 Å². The van der Waals surface area contributed by atoms with E-state index in [1.165, 1.54) is 24.1 Å². The standard InChI is InChI=1S/C31H39N3O5S/c1-6-27(31(36)32-20-23(2)3)33(21-25-18-16-24(4)17-19-25)30(35)22-34(28-14-10-11-15-29(28)39-5)40(37,38)26-12-8-7-9-13-26/h7-19,23,27H,6,20-22H2,1-5H3,(H,32,36). The molecule has 0 aromatic heterocycles. The van der Waals surface area contributed by atoms with Crippen LogP contribution in [0.1, 0.15) is 38.3 Å². The Hall–Kier alpha value is -3.85. The van der Waals surface area contributed by atoms with Gasteiger partial charge in [-0.15, -0.1) is 0 Å². The number of anilines is 1. The van der Waals surface area contributed by atoms with Gasteiger partial charge in [0.1, 0.15) is 18.3 Å². The second-order valence-corrected chi connectivity index (χ2v) is 11.9. The number of ether oxygens (including phenoxy) is 1. The highest BCUT2D eigenvalue weighted by molar-refractivity contribution is 7.92. The monoisotopic (exact) mass is 565 g/mol. The van der Waals surface area contributed by atoms with Gasteiger partial charge in [-0.3, -0.25) is 13.9 Å². The lowest BCUT2D eigenvalue weighted by molar-refractivity contribution is -0.140. The fraction of sp³-hybridized carbons (Fsp3) is 0.355. The average molecular weight is 566 g/mol. The lowest BCUT2D eigenvalue weighted by atomic mass is 10.1. The van der Waals surface area contributed by atoms with Crippen molar-refractivity contribution in [1.29, 1.82) is 0 Å². The molecule has 8 nitrogen and oxygen atoms in total. The molecule has 0 spiro atoms. The van der Waals surface area contributed by atoms with Gasteiger partial charge in [0.2, 0.25) is 11.8 Å². The van der Waals surface area contributed by atoms with Gasteiger partial charge in [0.25, 0.3) is 10.0 Å². The van der Waals surface area contributed by atoms with Gasteiger partial charge in [-0.25, -0.2) is 8.42 Å². The Morgan fingerprint density at radius 2 is 1.55 bits per heavy atom. The maximum absolute atomic E-state index is 14.1. The summed E-state index contributed by atoms with van der Waals surface area (Å²) in [6, 6.07) is 21.5. The number of nitrogens with zero attached hydrogens (tertiary/aromatic N) is 2. The molecule has 1 N–H and O–H groups in total. The largest absolute Gasteiger partial charge is 0.495 e. The van der Waals surface area contributed by atoms with E-state index in [-0.39, 0.29) is 29.0 Å². The van der Waals surface area contributed by atoms with Crippen LogP contribution in [0.3, 0.4) is 0 Å². The first kappa shape index (κ1) is 30.7. The van der Waals surface area contributed by atoms with Crippen LogP contribution in [0.2, 0.25) is 0 Å². The van der Waals surface area contributed by atoms with Crippen LogP contribution in [-0.2, 0) is 26.2 Å². The normalized spacial score (nSPS) is 12.1. The summed E-state index contributed by atoms with van der Waals surface area (Å²) in [5.41, 5.74) is 2.14. The molecule has 2 amide bonds. The quantitative estimate of drug-likeness (QED) is 0.322. The summed E-state index contributed by atoms with van der Waals surface area (Å²) in [5, 5.41) is 2.94. The highest BCUT2D eigenvalue weighted by Gasteiger charge is 2.34. The molecule has 0 aliphatic heterocycles. The van der Waals surface area contributed by atoms with Crippen LogP contribution in [0.5, 0.6) is 5.75 Å². The first-order valence-corrected chi connectivity index (χ1v) is 14.9. The molecule has 0 bridgehead atoms. The number of aryl methyl sites for hydroxylation is 1. The van der Waals surface area contributed by atoms with E-state index >= 15 is 0 Å². The molecule has 0 saturated carbocycles. The molecule has 0 aliphatic carbocycles. The van der Waals surface area contributed by atoms with Crippen molar-refractivity contribution in [1.82, 2.24) is 10.2 Å². The number of amides is 2. The number of hydrogen-bond donors (Lipinski definition) is 1. The van der Waals surface area contributed by atoms with Crippen LogP contribution in [0, 0.1) is 12.8 Å². The third kappa shape index (κ3) is 7.63. The number of carbonyl (C=O) groups excluding carboxylic acids is 2. The minimum absolute atomic E-state index is 0.0421. The zero-order valence-corrected chi connectivity index (χ0v) is 24.6. The predicted molar refractivity (Wildman–Crippen MR) is 158 cm³/mol. The second-order valence-electron chi connectivity index (χ2n) is 10.1. The van der Waals surface area contributed by atoms with Crippen LogP contribution in [-0.4, -0.2) is 51.4 Å². The number of sulfonamides is 1. The molecular formula is C31H39N3O5S. The van der Waals surface area contributed by atoms with E-state index in [0.717, 1.165) is 15.4 Å². The lowest BCUT2D eigenvalue weighted by Gasteiger charge is -2.33. The van der Waals surface area contributed by atoms with Gasteiger partial charge in [0.15, 0.2) is 0 Å². The number of benzene rings is 3. The minimum Gasteiger partial charge on any atom is -0.495 e. The van der Waals surface area contributed by atoms with Crippen molar-refractivity contribution in [3.63, 3.8) is 0 Å². The molecule has 9 heteroatoms. The highest BCUT2D eigenvalue weighted by Crippen LogP contribution is 2.32. The molecule has 214 valence electrons. The van der Waals surface area contributed by atoms with Gasteiger partial charge < -0.3 is 15.0 Å². The molecule has 0 radical (unpaired) electrons. The highest BCUT2D eigenvalue weighted by atomic mass is 32.2. The number of hydrogen-bond acceptors (Lipinski definition) is 5. The molecule has 0 aliphatic rings. The maximum atomic E-state index is 14.1. The van der Waals surface area contributed by atoms with Crippen LogP contribution in [0.25, 0.3) is 0 Å². The summed E-state index contributed by atoms with van der Waals surface area (Å²) in [4.78, 5) is 28.9. The van der Waals surface area contributed by atoms with E-state index in [2.05, 4.69) is 5.32 Å². The Morgan fingerprint density at radius 3 is 2.15 bits per heavy atom. The van der Waals surface area contributed by atoms with Crippen LogP contribution in [0.15, 0.2) is 83.8 Å². The molecular weight excluding hydrogens is 526 g/mol. The fourth-order valence-electron chi connectivity index (χ4n) is 4.30. The number of carbonyl (C=O) groups is 2. The molecule has 40 heavy (non-hydrogen) atoms. The van der Waals surface area contributed by atoms with Crippen molar-refractivity contribution in [2.75, 3.05) is 24.5 Å². The number of nitrogens with one attached hydrogen (secondary N) is 1. The van der Waals surface area contributed by atoms with Crippen molar-refractivity contribution in [2.45, 2.75) is 51.6 Å². The van der Waals surface area contributed by atoms with Crippen molar-refractivity contribution in [3.8, 4) is 5.75 Å². The first-order chi connectivity index (χ1) is 19.1.